The van der Waals surface area contributed by atoms with Gasteiger partial charge in [-0.1, -0.05) is 11.6 Å². The highest BCUT2D eigenvalue weighted by atomic mass is 35.5. The SMILES string of the molecule is Nc1ncc(Cl)c(NC2CCC(O)CC2)n1. The maximum Gasteiger partial charge on any atom is 0.222 e. The van der Waals surface area contributed by atoms with Gasteiger partial charge in [0.25, 0.3) is 0 Å². The van der Waals surface area contributed by atoms with E-state index < -0.39 is 0 Å². The molecule has 1 aromatic heterocycles. The molecule has 1 saturated carbocycles. The summed E-state index contributed by atoms with van der Waals surface area (Å²) in [6, 6.07) is 0.301. The number of nitrogen functional groups attached to an aromatic ring is 1. The average Bonchev–Trinajstić information content (AvgIpc) is 2.27. The molecule has 6 heteroatoms. The van der Waals surface area contributed by atoms with Crippen LogP contribution in [0.2, 0.25) is 5.02 Å². The Kier molecular flexibility index (Phi) is 3.46. The summed E-state index contributed by atoms with van der Waals surface area (Å²) in [7, 11) is 0. The summed E-state index contributed by atoms with van der Waals surface area (Å²) >= 11 is 5.95. The fraction of sp³-hybridized carbons (Fsp3) is 0.600. The summed E-state index contributed by atoms with van der Waals surface area (Å²) in [5, 5.41) is 13.1. The Labute approximate surface area is 99.0 Å². The third-order valence-corrected chi connectivity index (χ3v) is 3.08. The van der Waals surface area contributed by atoms with E-state index in [4.69, 9.17) is 17.3 Å². The Balaban J connectivity index is 2.00. The Morgan fingerprint density at radius 3 is 2.75 bits per heavy atom. The predicted molar refractivity (Wildman–Crippen MR) is 63.3 cm³/mol. The van der Waals surface area contributed by atoms with Gasteiger partial charge in [0.2, 0.25) is 5.95 Å². The number of hydrogen-bond acceptors (Lipinski definition) is 5. The van der Waals surface area contributed by atoms with Crippen LogP contribution in [0.5, 0.6) is 0 Å². The predicted octanol–water partition coefficient (Wildman–Crippen LogP) is 1.43. The third-order valence-electron chi connectivity index (χ3n) is 2.80. The van der Waals surface area contributed by atoms with Gasteiger partial charge in [-0.05, 0) is 25.7 Å². The van der Waals surface area contributed by atoms with E-state index >= 15 is 0 Å². The van der Waals surface area contributed by atoms with Crippen molar-refractivity contribution in [3.8, 4) is 0 Å². The Morgan fingerprint density at radius 2 is 2.06 bits per heavy atom. The number of nitrogens with zero attached hydrogens (tertiary/aromatic N) is 2. The molecule has 4 N–H and O–H groups in total. The quantitative estimate of drug-likeness (QED) is 0.731. The van der Waals surface area contributed by atoms with Gasteiger partial charge < -0.3 is 16.2 Å². The molecule has 0 spiro atoms. The first kappa shape index (κ1) is 11.4. The molecule has 1 fully saturated rings. The molecule has 0 atom stereocenters. The minimum atomic E-state index is -0.163. The Morgan fingerprint density at radius 1 is 1.38 bits per heavy atom. The highest BCUT2D eigenvalue weighted by Gasteiger charge is 2.20. The Hall–Kier alpha value is -1.07. The monoisotopic (exact) mass is 242 g/mol. The molecular formula is C10H15ClN4O. The summed E-state index contributed by atoms with van der Waals surface area (Å²) in [6.07, 6.45) is 4.79. The fourth-order valence-corrected chi connectivity index (χ4v) is 2.04. The fourth-order valence-electron chi connectivity index (χ4n) is 1.90. The molecule has 0 aliphatic heterocycles. The largest absolute Gasteiger partial charge is 0.393 e. The first-order valence-corrected chi connectivity index (χ1v) is 5.75. The zero-order valence-electron chi connectivity index (χ0n) is 8.86. The summed E-state index contributed by atoms with van der Waals surface area (Å²) in [5.74, 6) is 0.790. The standard InChI is InChI=1S/C10H15ClN4O/c11-8-5-13-10(12)15-9(8)14-6-1-3-7(16)4-2-6/h5-7,16H,1-4H2,(H3,12,13,14,15). The van der Waals surface area contributed by atoms with E-state index in [1.165, 1.54) is 6.20 Å². The van der Waals surface area contributed by atoms with E-state index in [0.717, 1.165) is 25.7 Å². The summed E-state index contributed by atoms with van der Waals surface area (Å²) in [6.45, 7) is 0. The lowest BCUT2D eigenvalue weighted by molar-refractivity contribution is 0.126. The molecule has 88 valence electrons. The summed E-state index contributed by atoms with van der Waals surface area (Å²) in [4.78, 5) is 7.85. The number of halogens is 1. The molecule has 0 bridgehead atoms. The van der Waals surface area contributed by atoms with Crippen LogP contribution in [-0.2, 0) is 0 Å². The maximum absolute atomic E-state index is 9.39. The van der Waals surface area contributed by atoms with Crippen molar-refractivity contribution in [2.75, 3.05) is 11.1 Å². The van der Waals surface area contributed by atoms with Gasteiger partial charge in [-0.3, -0.25) is 0 Å². The summed E-state index contributed by atoms with van der Waals surface area (Å²) in [5.41, 5.74) is 5.49. The second-order valence-corrected chi connectivity index (χ2v) is 4.48. The van der Waals surface area contributed by atoms with Gasteiger partial charge >= 0.3 is 0 Å². The van der Waals surface area contributed by atoms with Crippen LogP contribution < -0.4 is 11.1 Å². The number of anilines is 2. The topological polar surface area (TPSA) is 84.1 Å². The first-order valence-electron chi connectivity index (χ1n) is 5.38. The molecule has 2 rings (SSSR count). The molecule has 0 radical (unpaired) electrons. The van der Waals surface area contributed by atoms with E-state index in [1.807, 2.05) is 0 Å². The van der Waals surface area contributed by atoms with E-state index in [2.05, 4.69) is 15.3 Å². The zero-order chi connectivity index (χ0) is 11.5. The molecule has 1 aliphatic carbocycles. The molecule has 5 nitrogen and oxygen atoms in total. The van der Waals surface area contributed by atoms with E-state index in [-0.39, 0.29) is 12.1 Å². The number of hydrogen-bond donors (Lipinski definition) is 3. The number of aliphatic hydroxyl groups excluding tert-OH is 1. The van der Waals surface area contributed by atoms with Crippen LogP contribution in [0.3, 0.4) is 0 Å². The molecule has 1 aromatic rings. The number of rotatable bonds is 2. The van der Waals surface area contributed by atoms with Gasteiger partial charge in [-0.25, -0.2) is 4.98 Å². The lowest BCUT2D eigenvalue weighted by Gasteiger charge is -2.26. The molecule has 1 aliphatic rings. The molecule has 0 saturated heterocycles. The van der Waals surface area contributed by atoms with Crippen molar-refractivity contribution in [3.63, 3.8) is 0 Å². The van der Waals surface area contributed by atoms with Crippen molar-refractivity contribution < 1.29 is 5.11 Å². The van der Waals surface area contributed by atoms with Crippen LogP contribution in [0, 0.1) is 0 Å². The van der Waals surface area contributed by atoms with Gasteiger partial charge in [0, 0.05) is 6.04 Å². The van der Waals surface area contributed by atoms with Gasteiger partial charge in [-0.15, -0.1) is 0 Å². The van der Waals surface area contributed by atoms with Crippen LogP contribution in [0.25, 0.3) is 0 Å². The van der Waals surface area contributed by atoms with Gasteiger partial charge in [0.15, 0.2) is 5.82 Å². The third kappa shape index (κ3) is 2.74. The van der Waals surface area contributed by atoms with E-state index in [1.54, 1.807) is 0 Å². The van der Waals surface area contributed by atoms with Crippen LogP contribution in [-0.4, -0.2) is 27.2 Å². The summed E-state index contributed by atoms with van der Waals surface area (Å²) < 4.78 is 0. The maximum atomic E-state index is 9.39. The normalized spacial score (nSPS) is 25.4. The lowest BCUT2D eigenvalue weighted by atomic mass is 9.93. The minimum Gasteiger partial charge on any atom is -0.393 e. The van der Waals surface area contributed by atoms with Crippen molar-refractivity contribution in [1.29, 1.82) is 0 Å². The number of aromatic nitrogens is 2. The van der Waals surface area contributed by atoms with Crippen LogP contribution in [0.4, 0.5) is 11.8 Å². The lowest BCUT2D eigenvalue weighted by Crippen LogP contribution is -2.28. The van der Waals surface area contributed by atoms with Crippen molar-refractivity contribution in [2.24, 2.45) is 0 Å². The minimum absolute atomic E-state index is 0.163. The van der Waals surface area contributed by atoms with Gasteiger partial charge in [0.05, 0.1) is 12.3 Å². The number of nitrogens with one attached hydrogen (secondary N) is 1. The smallest absolute Gasteiger partial charge is 0.222 e. The molecular weight excluding hydrogens is 228 g/mol. The van der Waals surface area contributed by atoms with Crippen LogP contribution in [0.15, 0.2) is 6.20 Å². The van der Waals surface area contributed by atoms with Gasteiger partial charge in [0.1, 0.15) is 5.02 Å². The highest BCUT2D eigenvalue weighted by molar-refractivity contribution is 6.32. The van der Waals surface area contributed by atoms with E-state index in [9.17, 15) is 5.11 Å². The second kappa shape index (κ2) is 4.84. The van der Waals surface area contributed by atoms with Crippen molar-refractivity contribution in [1.82, 2.24) is 9.97 Å². The molecule has 0 amide bonds. The molecule has 1 heterocycles. The first-order chi connectivity index (χ1) is 7.65. The zero-order valence-corrected chi connectivity index (χ0v) is 9.61. The second-order valence-electron chi connectivity index (χ2n) is 4.07. The number of nitrogens with two attached hydrogens (primary N) is 1. The average molecular weight is 243 g/mol. The van der Waals surface area contributed by atoms with Crippen molar-refractivity contribution >= 4 is 23.4 Å². The highest BCUT2D eigenvalue weighted by Crippen LogP contribution is 2.25. The molecule has 16 heavy (non-hydrogen) atoms. The molecule has 0 aromatic carbocycles. The number of aliphatic hydroxyl groups is 1. The van der Waals surface area contributed by atoms with Crippen molar-refractivity contribution in [3.05, 3.63) is 11.2 Å². The van der Waals surface area contributed by atoms with E-state index in [0.29, 0.717) is 16.9 Å². The van der Waals surface area contributed by atoms with Gasteiger partial charge in [-0.2, -0.15) is 4.98 Å². The molecule has 0 unspecified atom stereocenters. The Bertz CT molecular complexity index is 366. The van der Waals surface area contributed by atoms with Crippen LogP contribution in [0.1, 0.15) is 25.7 Å². The van der Waals surface area contributed by atoms with Crippen LogP contribution >= 0.6 is 11.6 Å². The van der Waals surface area contributed by atoms with Crippen molar-refractivity contribution in [2.45, 2.75) is 37.8 Å².